The van der Waals surface area contributed by atoms with Crippen molar-refractivity contribution in [3.8, 4) is 22.8 Å². The van der Waals surface area contributed by atoms with Gasteiger partial charge < -0.3 is 20.6 Å². The fourth-order valence-corrected chi connectivity index (χ4v) is 4.03. The van der Waals surface area contributed by atoms with Crippen LogP contribution in [0.5, 0.6) is 0 Å². The van der Waals surface area contributed by atoms with Gasteiger partial charge in [0, 0.05) is 40.0 Å². The molecule has 3 heterocycles. The van der Waals surface area contributed by atoms with Crippen LogP contribution in [0.3, 0.4) is 0 Å². The van der Waals surface area contributed by atoms with Crippen LogP contribution in [0.1, 0.15) is 11.3 Å². The molecule has 7 heteroatoms. The number of hydrogen-bond acceptors (Lipinski definition) is 4. The number of aromatic amines is 2. The van der Waals surface area contributed by atoms with E-state index in [1.54, 1.807) is 0 Å². The Hall–Kier alpha value is -4.91. The molecule has 1 aliphatic rings. The van der Waals surface area contributed by atoms with Crippen LogP contribution in [0.25, 0.3) is 34.4 Å². The first-order valence-corrected chi connectivity index (χ1v) is 10.9. The third kappa shape index (κ3) is 3.75. The molecule has 3 aromatic carbocycles. The summed E-state index contributed by atoms with van der Waals surface area (Å²) in [5.74, 6) is 1.32. The lowest BCUT2D eigenvalue weighted by Crippen LogP contribution is -2.03. The maximum atomic E-state index is 12.5. The van der Waals surface area contributed by atoms with E-state index in [0.717, 1.165) is 45.3 Å². The van der Waals surface area contributed by atoms with E-state index in [-0.39, 0.29) is 5.91 Å². The zero-order valence-electron chi connectivity index (χ0n) is 18.0. The molecule has 34 heavy (non-hydrogen) atoms. The van der Waals surface area contributed by atoms with Crippen molar-refractivity contribution in [2.45, 2.75) is 0 Å². The molecule has 0 fully saturated rings. The van der Waals surface area contributed by atoms with Gasteiger partial charge in [0.15, 0.2) is 11.6 Å². The largest absolute Gasteiger partial charge is 0.362 e. The molecule has 0 saturated heterocycles. The fraction of sp³-hybridized carbons (Fsp3) is 0. The summed E-state index contributed by atoms with van der Waals surface area (Å²) in [4.78, 5) is 18.9. The fourth-order valence-electron chi connectivity index (χ4n) is 4.03. The number of hydrogen-bond donors (Lipinski definition) is 4. The maximum absolute atomic E-state index is 12.5. The first kappa shape index (κ1) is 19.8. The quantitative estimate of drug-likeness (QED) is 0.261. The highest BCUT2D eigenvalue weighted by Gasteiger charge is 2.24. The second-order valence-electron chi connectivity index (χ2n) is 7.99. The predicted octanol–water partition coefficient (Wildman–Crippen LogP) is 5.70. The van der Waals surface area contributed by atoms with Crippen molar-refractivity contribution in [3.63, 3.8) is 0 Å². The van der Waals surface area contributed by atoms with E-state index in [1.807, 2.05) is 97.2 Å². The number of nitrogens with zero attached hydrogens (tertiary/aromatic N) is 2. The standard InChI is InChI=1S/C27H20N6O/c34-27-23(15-19-10-5-13-28-19)22-12-11-21(16-24(22)30-27)29-20-9-4-8-18(14-20)26-31-25(32-33-26)17-6-2-1-3-7-17/h1-16,28-29H,(H,30,34)(H,31,32,33)/b23-15-. The molecule has 2 aromatic heterocycles. The predicted molar refractivity (Wildman–Crippen MR) is 134 cm³/mol. The van der Waals surface area contributed by atoms with Crippen LogP contribution in [0, 0.1) is 0 Å². The molecule has 0 saturated carbocycles. The van der Waals surface area contributed by atoms with Crippen LogP contribution in [0.4, 0.5) is 17.1 Å². The highest BCUT2D eigenvalue weighted by Crippen LogP contribution is 2.36. The minimum absolute atomic E-state index is 0.108. The molecule has 0 atom stereocenters. The van der Waals surface area contributed by atoms with Gasteiger partial charge in [-0.25, -0.2) is 0 Å². The Bertz CT molecular complexity index is 1520. The van der Waals surface area contributed by atoms with E-state index < -0.39 is 0 Å². The Labute approximate surface area is 195 Å². The van der Waals surface area contributed by atoms with E-state index in [4.69, 9.17) is 0 Å². The average molecular weight is 444 g/mol. The van der Waals surface area contributed by atoms with Gasteiger partial charge in [0.25, 0.3) is 5.91 Å². The van der Waals surface area contributed by atoms with Crippen LogP contribution < -0.4 is 10.6 Å². The lowest BCUT2D eigenvalue weighted by molar-refractivity contribution is -0.110. The maximum Gasteiger partial charge on any atom is 0.256 e. The third-order valence-electron chi connectivity index (χ3n) is 5.68. The van der Waals surface area contributed by atoms with Gasteiger partial charge in [0.1, 0.15) is 0 Å². The molecule has 164 valence electrons. The van der Waals surface area contributed by atoms with Gasteiger partial charge in [-0.05, 0) is 42.5 Å². The number of amides is 1. The SMILES string of the molecule is O=C1Nc2cc(Nc3cccc(-c4nnc(-c5ccccc5)[nH]4)c3)ccc2/C1=C/c1ccc[nH]1. The Morgan fingerprint density at radius 1 is 0.765 bits per heavy atom. The number of fused-ring (bicyclic) bond motifs is 1. The zero-order chi connectivity index (χ0) is 22.9. The molecule has 0 bridgehead atoms. The molecule has 0 unspecified atom stereocenters. The van der Waals surface area contributed by atoms with E-state index in [1.165, 1.54) is 0 Å². The first-order valence-electron chi connectivity index (χ1n) is 10.9. The van der Waals surface area contributed by atoms with Crippen LogP contribution >= 0.6 is 0 Å². The van der Waals surface area contributed by atoms with Gasteiger partial charge in [-0.2, -0.15) is 0 Å². The number of nitrogens with one attached hydrogen (secondary N) is 4. The third-order valence-corrected chi connectivity index (χ3v) is 5.68. The monoisotopic (exact) mass is 444 g/mol. The molecule has 1 amide bonds. The minimum atomic E-state index is -0.108. The number of H-pyrrole nitrogens is 2. The van der Waals surface area contributed by atoms with Crippen LogP contribution in [0.15, 0.2) is 91.1 Å². The normalized spacial score (nSPS) is 13.6. The van der Waals surface area contributed by atoms with Crippen molar-refractivity contribution < 1.29 is 4.79 Å². The number of carbonyl (C=O) groups excluding carboxylic acids is 1. The van der Waals surface area contributed by atoms with Crippen LogP contribution in [-0.2, 0) is 4.79 Å². The molecule has 4 N–H and O–H groups in total. The summed E-state index contributed by atoms with van der Waals surface area (Å²) in [5, 5.41) is 15.0. The Balaban J connectivity index is 1.24. The van der Waals surface area contributed by atoms with Crippen molar-refractivity contribution in [3.05, 3.63) is 102 Å². The number of benzene rings is 3. The topological polar surface area (TPSA) is 98.5 Å². The van der Waals surface area contributed by atoms with Crippen molar-refractivity contribution in [2.75, 3.05) is 10.6 Å². The van der Waals surface area contributed by atoms with Gasteiger partial charge in [-0.3, -0.25) is 4.79 Å². The van der Waals surface area contributed by atoms with E-state index in [0.29, 0.717) is 11.4 Å². The lowest BCUT2D eigenvalue weighted by atomic mass is 10.1. The van der Waals surface area contributed by atoms with E-state index in [9.17, 15) is 4.79 Å². The zero-order valence-corrected chi connectivity index (χ0v) is 18.0. The summed E-state index contributed by atoms with van der Waals surface area (Å²) in [7, 11) is 0. The van der Waals surface area contributed by atoms with Crippen molar-refractivity contribution in [2.24, 2.45) is 0 Å². The number of aromatic nitrogens is 4. The van der Waals surface area contributed by atoms with Crippen molar-refractivity contribution in [1.29, 1.82) is 0 Å². The molecule has 6 rings (SSSR count). The van der Waals surface area contributed by atoms with Crippen LogP contribution in [0.2, 0.25) is 0 Å². The van der Waals surface area contributed by atoms with Crippen molar-refractivity contribution in [1.82, 2.24) is 20.2 Å². The molecule has 5 aromatic rings. The number of rotatable bonds is 5. The summed E-state index contributed by atoms with van der Waals surface area (Å²) in [5.41, 5.74) is 6.89. The Morgan fingerprint density at radius 2 is 1.56 bits per heavy atom. The van der Waals surface area contributed by atoms with Crippen LogP contribution in [-0.4, -0.2) is 26.1 Å². The lowest BCUT2D eigenvalue weighted by Gasteiger charge is -2.09. The molecule has 1 aliphatic heterocycles. The molecular formula is C27H20N6O. The molecule has 0 aliphatic carbocycles. The second kappa shape index (κ2) is 8.22. The Morgan fingerprint density at radius 3 is 2.38 bits per heavy atom. The Kier molecular flexibility index (Phi) is 4.77. The summed E-state index contributed by atoms with van der Waals surface area (Å²) in [6.45, 7) is 0. The molecule has 0 radical (unpaired) electrons. The van der Waals surface area contributed by atoms with Gasteiger partial charge in [-0.15, -0.1) is 10.2 Å². The number of anilines is 3. The minimum Gasteiger partial charge on any atom is -0.362 e. The smallest absolute Gasteiger partial charge is 0.256 e. The van der Waals surface area contributed by atoms with Crippen molar-refractivity contribution >= 4 is 34.6 Å². The number of carbonyl (C=O) groups is 1. The highest BCUT2D eigenvalue weighted by atomic mass is 16.2. The summed E-state index contributed by atoms with van der Waals surface area (Å²) in [6, 6.07) is 27.6. The average Bonchev–Trinajstić information content (AvgIpc) is 3.61. The van der Waals surface area contributed by atoms with E-state index in [2.05, 4.69) is 30.8 Å². The summed E-state index contributed by atoms with van der Waals surface area (Å²) in [6.07, 6.45) is 3.70. The van der Waals surface area contributed by atoms with Gasteiger partial charge in [0.05, 0.1) is 11.3 Å². The molecular weight excluding hydrogens is 424 g/mol. The first-order chi connectivity index (χ1) is 16.7. The highest BCUT2D eigenvalue weighted by molar-refractivity contribution is 6.35. The van der Waals surface area contributed by atoms with Gasteiger partial charge in [0.2, 0.25) is 0 Å². The molecule has 0 spiro atoms. The molecule has 7 nitrogen and oxygen atoms in total. The van der Waals surface area contributed by atoms with Gasteiger partial charge in [-0.1, -0.05) is 48.5 Å². The summed E-state index contributed by atoms with van der Waals surface area (Å²) < 4.78 is 0. The second-order valence-corrected chi connectivity index (χ2v) is 7.99. The van der Waals surface area contributed by atoms with Gasteiger partial charge >= 0.3 is 0 Å². The summed E-state index contributed by atoms with van der Waals surface area (Å²) >= 11 is 0. The van der Waals surface area contributed by atoms with E-state index >= 15 is 0 Å².